The van der Waals surface area contributed by atoms with Gasteiger partial charge in [0.05, 0.1) is 6.61 Å². The first-order valence-electron chi connectivity index (χ1n) is 7.67. The van der Waals surface area contributed by atoms with Gasteiger partial charge in [-0.15, -0.1) is 4.65 Å². The summed E-state index contributed by atoms with van der Waals surface area (Å²) in [4.78, 5) is 0. The molecule has 6 nitrogen and oxygen atoms in total. The highest BCUT2D eigenvalue weighted by molar-refractivity contribution is 5.58. The van der Waals surface area contributed by atoms with Gasteiger partial charge in [-0.1, -0.05) is 0 Å². The van der Waals surface area contributed by atoms with E-state index in [9.17, 15) is 5.21 Å². The summed E-state index contributed by atoms with van der Waals surface area (Å²) in [6.45, 7) is 3.14. The molecular formula is C17H25N4O2+. The Morgan fingerprint density at radius 2 is 1.78 bits per heavy atom. The molecule has 0 bridgehead atoms. The molecule has 124 valence electrons. The fraction of sp³-hybridized carbons (Fsp3) is 0.294. The fourth-order valence-electron chi connectivity index (χ4n) is 2.47. The number of aliphatic hydroxyl groups excluding tert-OH is 1. The molecule has 2 aromatic rings. The smallest absolute Gasteiger partial charge is 0.165 e. The van der Waals surface area contributed by atoms with Gasteiger partial charge in [0.25, 0.3) is 0 Å². The summed E-state index contributed by atoms with van der Waals surface area (Å²) in [7, 11) is 0. The number of anilines is 3. The molecule has 0 saturated carbocycles. The van der Waals surface area contributed by atoms with Crippen molar-refractivity contribution in [1.82, 2.24) is 4.65 Å². The van der Waals surface area contributed by atoms with Gasteiger partial charge in [0.2, 0.25) is 0 Å². The number of quaternary nitrogens is 1. The molecule has 0 fully saturated rings. The van der Waals surface area contributed by atoms with Crippen molar-refractivity contribution in [3.8, 4) is 0 Å². The van der Waals surface area contributed by atoms with Crippen molar-refractivity contribution in [2.45, 2.75) is 13.5 Å². The number of aliphatic hydroxyl groups is 1. The van der Waals surface area contributed by atoms with E-state index in [1.54, 1.807) is 12.1 Å². The van der Waals surface area contributed by atoms with Crippen molar-refractivity contribution >= 4 is 22.7 Å². The predicted molar refractivity (Wildman–Crippen MR) is 95.1 cm³/mol. The number of hydrogen-bond donors (Lipinski definition) is 5. The van der Waals surface area contributed by atoms with Crippen LogP contribution in [0.4, 0.5) is 22.7 Å². The normalized spacial score (nSPS) is 13.5. The minimum atomic E-state index is -0.279. The van der Waals surface area contributed by atoms with E-state index in [2.05, 4.69) is 5.32 Å². The predicted octanol–water partition coefficient (Wildman–Crippen LogP) is 2.17. The minimum Gasteiger partial charge on any atom is -0.399 e. The summed E-state index contributed by atoms with van der Waals surface area (Å²) in [6.07, 6.45) is 0. The molecule has 23 heavy (non-hydrogen) atoms. The average Bonchev–Trinajstić information content (AvgIpc) is 2.56. The van der Waals surface area contributed by atoms with Crippen LogP contribution in [0.25, 0.3) is 0 Å². The summed E-state index contributed by atoms with van der Waals surface area (Å²) in [5.41, 5.74) is 15.7. The molecule has 0 aromatic heterocycles. The molecule has 7 N–H and O–H groups in total. The number of nitrogens with one attached hydrogen (secondary N) is 1. The number of hydrogen-bond acceptors (Lipinski definition) is 5. The number of hydroxylamine groups is 2. The lowest BCUT2D eigenvalue weighted by Crippen LogP contribution is -2.47. The molecule has 1 unspecified atom stereocenters. The van der Waals surface area contributed by atoms with E-state index < -0.39 is 0 Å². The van der Waals surface area contributed by atoms with Crippen LogP contribution in [0.5, 0.6) is 0 Å². The second-order valence-electron chi connectivity index (χ2n) is 5.54. The third-order valence-corrected chi connectivity index (χ3v) is 3.99. The van der Waals surface area contributed by atoms with Crippen LogP contribution < -0.4 is 21.4 Å². The van der Waals surface area contributed by atoms with E-state index >= 15 is 0 Å². The first-order chi connectivity index (χ1) is 11.0. The van der Waals surface area contributed by atoms with Gasteiger partial charge in [-0.3, -0.25) is 0 Å². The molecule has 0 aliphatic heterocycles. The van der Waals surface area contributed by atoms with Crippen LogP contribution in [-0.4, -0.2) is 30.0 Å². The van der Waals surface area contributed by atoms with E-state index in [0.29, 0.717) is 24.5 Å². The monoisotopic (exact) mass is 317 g/mol. The second-order valence-corrected chi connectivity index (χ2v) is 5.54. The van der Waals surface area contributed by atoms with Crippen LogP contribution in [-0.2, 0) is 6.54 Å². The number of likely N-dealkylation sites (N-methyl/N-ethyl adjacent to an activating group) is 1. The SMILES string of the molecule is CC[N+](O)(CCO)c1ccc(NCc2cc(N)ccc2N)cc1. The lowest BCUT2D eigenvalue weighted by atomic mass is 10.1. The van der Waals surface area contributed by atoms with Gasteiger partial charge in [-0.25, -0.2) is 5.21 Å². The van der Waals surface area contributed by atoms with Gasteiger partial charge >= 0.3 is 0 Å². The van der Waals surface area contributed by atoms with E-state index in [-0.39, 0.29) is 17.8 Å². The standard InChI is InChI=1S/C17H25N4O2/c1-2-21(23,9-10-22)16-6-4-15(5-7-16)20-12-13-11-14(18)3-8-17(13)19/h3-8,11,20,22-23H,2,9-10,12,18-19H2,1H3/q+1. The summed E-state index contributed by atoms with van der Waals surface area (Å²) in [5, 5.41) is 22.9. The number of nitrogen functional groups attached to an aromatic ring is 2. The highest BCUT2D eigenvalue weighted by Gasteiger charge is 2.25. The Morgan fingerprint density at radius 3 is 2.39 bits per heavy atom. The highest BCUT2D eigenvalue weighted by Crippen LogP contribution is 2.23. The Kier molecular flexibility index (Phi) is 5.44. The summed E-state index contributed by atoms with van der Waals surface area (Å²) >= 11 is 0. The molecule has 6 heteroatoms. The Bertz CT molecular complexity index is 646. The molecular weight excluding hydrogens is 292 g/mol. The molecule has 2 rings (SSSR count). The average molecular weight is 317 g/mol. The van der Waals surface area contributed by atoms with Crippen molar-refractivity contribution in [2.24, 2.45) is 0 Å². The fourth-order valence-corrected chi connectivity index (χ4v) is 2.47. The molecule has 0 radical (unpaired) electrons. The third kappa shape index (κ3) is 4.13. The van der Waals surface area contributed by atoms with E-state index in [1.807, 2.05) is 37.3 Å². The van der Waals surface area contributed by atoms with Gasteiger partial charge in [-0.05, 0) is 42.8 Å². The third-order valence-electron chi connectivity index (χ3n) is 3.99. The number of nitrogens with two attached hydrogens (primary N) is 2. The summed E-state index contributed by atoms with van der Waals surface area (Å²) in [5.74, 6) is 0. The lowest BCUT2D eigenvalue weighted by molar-refractivity contribution is -0.0835. The molecule has 0 heterocycles. The van der Waals surface area contributed by atoms with Gasteiger partial charge in [0.15, 0.2) is 5.69 Å². The van der Waals surface area contributed by atoms with E-state index in [4.69, 9.17) is 16.6 Å². The van der Waals surface area contributed by atoms with Crippen LogP contribution in [0.15, 0.2) is 42.5 Å². The maximum absolute atomic E-state index is 10.5. The molecule has 0 spiro atoms. The molecule has 0 aliphatic rings. The van der Waals surface area contributed by atoms with Crippen molar-refractivity contribution < 1.29 is 10.3 Å². The Labute approximate surface area is 136 Å². The Balaban J connectivity index is 2.07. The second kappa shape index (κ2) is 7.32. The largest absolute Gasteiger partial charge is 0.399 e. The molecule has 2 aromatic carbocycles. The van der Waals surface area contributed by atoms with Crippen molar-refractivity contribution in [2.75, 3.05) is 36.5 Å². The summed E-state index contributed by atoms with van der Waals surface area (Å²) in [6, 6.07) is 12.9. The molecule has 0 aliphatic carbocycles. The van der Waals surface area contributed by atoms with Crippen LogP contribution in [0.3, 0.4) is 0 Å². The van der Waals surface area contributed by atoms with Crippen LogP contribution in [0.2, 0.25) is 0 Å². The van der Waals surface area contributed by atoms with Crippen molar-refractivity contribution in [3.05, 3.63) is 48.0 Å². The van der Waals surface area contributed by atoms with Crippen LogP contribution in [0, 0.1) is 0 Å². The number of benzene rings is 2. The molecule has 1 atom stereocenters. The Hall–Kier alpha value is -2.28. The van der Waals surface area contributed by atoms with Gasteiger partial charge in [-0.2, -0.15) is 0 Å². The van der Waals surface area contributed by atoms with Crippen LogP contribution in [0.1, 0.15) is 12.5 Å². The zero-order chi connectivity index (χ0) is 16.9. The molecule has 0 amide bonds. The van der Waals surface area contributed by atoms with Gasteiger partial charge < -0.3 is 21.9 Å². The first kappa shape index (κ1) is 17.1. The zero-order valence-corrected chi connectivity index (χ0v) is 13.4. The maximum Gasteiger partial charge on any atom is 0.165 e. The van der Waals surface area contributed by atoms with E-state index in [1.165, 1.54) is 0 Å². The zero-order valence-electron chi connectivity index (χ0n) is 13.4. The first-order valence-corrected chi connectivity index (χ1v) is 7.67. The number of nitrogens with zero attached hydrogens (tertiary/aromatic N) is 1. The van der Waals surface area contributed by atoms with E-state index in [0.717, 1.165) is 16.9 Å². The highest BCUT2D eigenvalue weighted by atomic mass is 16.5. The minimum absolute atomic E-state index is 0.0704. The summed E-state index contributed by atoms with van der Waals surface area (Å²) < 4.78 is -0.279. The molecule has 0 saturated heterocycles. The van der Waals surface area contributed by atoms with Gasteiger partial charge in [0, 0.05) is 35.7 Å². The lowest BCUT2D eigenvalue weighted by Gasteiger charge is -2.27. The maximum atomic E-state index is 10.5. The van der Waals surface area contributed by atoms with Gasteiger partial charge in [0.1, 0.15) is 13.1 Å². The topological polar surface area (TPSA) is 105 Å². The quantitative estimate of drug-likeness (QED) is 0.306. The Morgan fingerprint density at radius 1 is 1.09 bits per heavy atom. The number of rotatable bonds is 7. The van der Waals surface area contributed by atoms with Crippen molar-refractivity contribution in [1.29, 1.82) is 0 Å². The van der Waals surface area contributed by atoms with Crippen molar-refractivity contribution in [3.63, 3.8) is 0 Å². The van der Waals surface area contributed by atoms with Crippen LogP contribution >= 0.6 is 0 Å².